The highest BCUT2D eigenvalue weighted by Crippen LogP contribution is 2.69. The van der Waals surface area contributed by atoms with Gasteiger partial charge in [0.1, 0.15) is 12.2 Å². The largest absolute Gasteiger partial charge is 0.462 e. The number of hydrogen-bond acceptors (Lipinski definition) is 10. The molecule has 0 bridgehead atoms. The van der Waals surface area contributed by atoms with Gasteiger partial charge in [-0.3, -0.25) is 9.59 Å². The predicted molar refractivity (Wildman–Crippen MR) is 188 cm³/mol. The summed E-state index contributed by atoms with van der Waals surface area (Å²) < 4.78 is 43.0. The molecule has 0 aromatic carbocycles. The summed E-state index contributed by atoms with van der Waals surface area (Å²) in [7, 11) is 7.53. The molecule has 50 heavy (non-hydrogen) atoms. The van der Waals surface area contributed by atoms with E-state index >= 15 is 0 Å². The monoisotopic (exact) mass is 703 g/mol. The molecule has 0 N–H and O–H groups in total. The Balaban J connectivity index is 1.22. The van der Waals surface area contributed by atoms with Crippen LogP contribution < -0.4 is 0 Å². The van der Waals surface area contributed by atoms with Crippen LogP contribution in [0.15, 0.2) is 11.6 Å². The number of rotatable bonds is 12. The molecule has 2 heterocycles. The summed E-state index contributed by atoms with van der Waals surface area (Å²) >= 11 is 0. The van der Waals surface area contributed by atoms with Crippen LogP contribution in [0.4, 0.5) is 0 Å². The average Bonchev–Trinajstić information content (AvgIpc) is 3.63. The molecule has 2 saturated heterocycles. The fraction of sp³-hybridized carbons (Fsp3) is 0.900. The van der Waals surface area contributed by atoms with E-state index in [4.69, 9.17) is 33.2 Å². The fourth-order valence-electron chi connectivity index (χ4n) is 10.8. The summed E-state index contributed by atoms with van der Waals surface area (Å²) in [6.07, 6.45) is 9.18. The predicted octanol–water partition coefficient (Wildman–Crippen LogP) is 5.80. The molecular weight excluding hydrogens is 638 g/mol. The van der Waals surface area contributed by atoms with Crippen LogP contribution in [0.25, 0.3) is 0 Å². The van der Waals surface area contributed by atoms with Gasteiger partial charge in [0.15, 0.2) is 18.4 Å². The summed E-state index contributed by atoms with van der Waals surface area (Å²) in [5, 5.41) is 0. The Morgan fingerprint density at radius 2 is 1.70 bits per heavy atom. The van der Waals surface area contributed by atoms with Crippen molar-refractivity contribution in [2.75, 3.05) is 41.5 Å². The van der Waals surface area contributed by atoms with Crippen LogP contribution in [-0.2, 0) is 42.7 Å². The van der Waals surface area contributed by atoms with E-state index in [2.05, 4.69) is 38.9 Å². The van der Waals surface area contributed by atoms with Crippen molar-refractivity contribution in [1.82, 2.24) is 4.90 Å². The summed E-state index contributed by atoms with van der Waals surface area (Å²) in [5.41, 5.74) is 0.846. The van der Waals surface area contributed by atoms with Crippen LogP contribution in [0.3, 0.4) is 0 Å². The molecule has 10 nitrogen and oxygen atoms in total. The summed E-state index contributed by atoms with van der Waals surface area (Å²) in [6.45, 7) is 9.24. The molecule has 0 radical (unpaired) electrons. The quantitative estimate of drug-likeness (QED) is 0.183. The van der Waals surface area contributed by atoms with Crippen molar-refractivity contribution < 1.29 is 42.7 Å². The number of nitrogens with zero attached hydrogens (tertiary/aromatic N) is 1. The Kier molecular flexibility index (Phi) is 12.8. The zero-order valence-corrected chi connectivity index (χ0v) is 31.9. The van der Waals surface area contributed by atoms with E-state index in [0.717, 1.165) is 56.9 Å². The van der Waals surface area contributed by atoms with E-state index < -0.39 is 6.29 Å². The second-order valence-electron chi connectivity index (χ2n) is 16.4. The molecule has 5 fully saturated rings. The van der Waals surface area contributed by atoms with Crippen molar-refractivity contribution in [3.05, 3.63) is 11.6 Å². The van der Waals surface area contributed by atoms with Crippen molar-refractivity contribution in [1.29, 1.82) is 0 Å². The van der Waals surface area contributed by atoms with Crippen LogP contribution in [-0.4, -0.2) is 107 Å². The maximum atomic E-state index is 14.7. The zero-order valence-electron chi connectivity index (χ0n) is 31.9. The maximum absolute atomic E-state index is 14.7. The van der Waals surface area contributed by atoms with Gasteiger partial charge in [0.25, 0.3) is 0 Å². The van der Waals surface area contributed by atoms with Crippen molar-refractivity contribution in [3.63, 3.8) is 0 Å². The molecule has 0 aromatic heterocycles. The lowest BCUT2D eigenvalue weighted by Gasteiger charge is -2.40. The van der Waals surface area contributed by atoms with Gasteiger partial charge >= 0.3 is 5.97 Å². The van der Waals surface area contributed by atoms with Crippen LogP contribution in [0.5, 0.6) is 0 Å². The van der Waals surface area contributed by atoms with Crippen molar-refractivity contribution in [2.24, 2.45) is 47.3 Å². The SMILES string of the molecule is CCOC[C@H](OC)C(OC)O[C@@H]1C[C@H]2[C@@H]3C[C@@H]3[C@@H]3[C@@H](C=C4C(=O)[C@H](C)[C@@H](O[C@H]5CC[C@H](N(C)C)C(C)O5)CCC[C@H](CC)OC(=O)C[C@H]43)[C@@H]2C1. The molecule has 10 heteroatoms. The molecule has 16 atom stereocenters. The second kappa shape index (κ2) is 16.7. The first-order valence-corrected chi connectivity index (χ1v) is 19.8. The minimum atomic E-state index is -0.509. The van der Waals surface area contributed by atoms with E-state index in [0.29, 0.717) is 42.9 Å². The molecule has 2 aliphatic heterocycles. The third-order valence-electron chi connectivity index (χ3n) is 13.4. The van der Waals surface area contributed by atoms with Gasteiger partial charge in [-0.25, -0.2) is 0 Å². The number of carbonyl (C=O) groups excluding carboxylic acids is 2. The first-order valence-electron chi connectivity index (χ1n) is 19.8. The average molecular weight is 704 g/mol. The third kappa shape index (κ3) is 8.07. The standard InChI is InChI=1S/C40H65NO9/c1-9-24-12-11-13-34(50-37-15-14-33(41(5)6)23(4)47-37)22(3)39(43)32-19-30-27-17-25(49-40(45-8)35(44-7)21-46-10-2)16-26(27)28-18-29(28)38(30)31(32)20-36(42)48-24/h19,22-31,33-35,37-38,40H,9-18,20-21H2,1-8H3/t22-,23?,24+,25-,26-,27-,28+,29+,30+,31-,33+,34+,35+,37+,38-,40?/m1/s1. The van der Waals surface area contributed by atoms with Gasteiger partial charge in [0.05, 0.1) is 31.3 Å². The highest BCUT2D eigenvalue weighted by molar-refractivity contribution is 5.99. The highest BCUT2D eigenvalue weighted by atomic mass is 16.7. The van der Waals surface area contributed by atoms with Crippen LogP contribution in [0.2, 0.25) is 0 Å². The summed E-state index contributed by atoms with van der Waals surface area (Å²) in [5.74, 6) is 2.19. The van der Waals surface area contributed by atoms with Gasteiger partial charge in [0.2, 0.25) is 0 Å². The number of Topliss-reactive ketones (excluding diaryl/α,β-unsaturated/α-hetero) is 1. The fourth-order valence-corrected chi connectivity index (χ4v) is 10.8. The van der Waals surface area contributed by atoms with E-state index in [1.165, 1.54) is 6.42 Å². The normalized spacial score (nSPS) is 43.0. The Morgan fingerprint density at radius 1 is 0.940 bits per heavy atom. The highest BCUT2D eigenvalue weighted by Gasteiger charge is 2.64. The molecule has 6 aliphatic rings. The number of hydrogen-bond donors (Lipinski definition) is 0. The third-order valence-corrected chi connectivity index (χ3v) is 13.4. The number of carbonyl (C=O) groups is 2. The van der Waals surface area contributed by atoms with Gasteiger partial charge in [-0.2, -0.15) is 0 Å². The van der Waals surface area contributed by atoms with Crippen LogP contribution in [0, 0.1) is 47.3 Å². The molecule has 6 rings (SSSR count). The number of likely N-dealkylation sites (N-methyl/N-ethyl adjacent to an activating group) is 1. The van der Waals surface area contributed by atoms with E-state index in [1.54, 1.807) is 14.2 Å². The minimum absolute atomic E-state index is 0.0481. The maximum Gasteiger partial charge on any atom is 0.306 e. The Bertz CT molecular complexity index is 1190. The molecule has 0 spiro atoms. The van der Waals surface area contributed by atoms with Crippen molar-refractivity contribution in [2.45, 2.75) is 141 Å². The topological polar surface area (TPSA) is 102 Å². The van der Waals surface area contributed by atoms with Gasteiger partial charge in [0, 0.05) is 38.7 Å². The molecule has 0 aromatic rings. The number of esters is 1. The first kappa shape index (κ1) is 38.3. The van der Waals surface area contributed by atoms with Crippen molar-refractivity contribution >= 4 is 11.8 Å². The second-order valence-corrected chi connectivity index (χ2v) is 16.4. The zero-order chi connectivity index (χ0) is 35.7. The van der Waals surface area contributed by atoms with E-state index in [9.17, 15) is 9.59 Å². The number of fused-ring (bicyclic) bond motifs is 8. The molecule has 284 valence electrons. The van der Waals surface area contributed by atoms with Crippen molar-refractivity contribution in [3.8, 4) is 0 Å². The Morgan fingerprint density at radius 3 is 2.38 bits per heavy atom. The Labute approximate surface area is 300 Å². The number of allylic oxidation sites excluding steroid dienone is 2. The number of ketones is 1. The lowest BCUT2D eigenvalue weighted by atomic mass is 9.66. The lowest BCUT2D eigenvalue weighted by Crippen LogP contribution is -2.47. The summed E-state index contributed by atoms with van der Waals surface area (Å²) in [6, 6.07) is 0.352. The first-order chi connectivity index (χ1) is 24.1. The van der Waals surface area contributed by atoms with Gasteiger partial charge in [-0.15, -0.1) is 0 Å². The number of cyclic esters (lactones) is 1. The molecule has 4 aliphatic carbocycles. The number of ether oxygens (including phenoxy) is 7. The van der Waals surface area contributed by atoms with Gasteiger partial charge in [-0.1, -0.05) is 19.9 Å². The van der Waals surface area contributed by atoms with E-state index in [1.807, 2.05) is 13.8 Å². The molecule has 3 saturated carbocycles. The van der Waals surface area contributed by atoms with Gasteiger partial charge < -0.3 is 38.1 Å². The lowest BCUT2D eigenvalue weighted by molar-refractivity contribution is -0.231. The van der Waals surface area contributed by atoms with Gasteiger partial charge in [-0.05, 0) is 127 Å². The molecular formula is C40H65NO9. The van der Waals surface area contributed by atoms with Crippen LogP contribution in [0.1, 0.15) is 91.9 Å². The number of methoxy groups -OCH3 is 2. The van der Waals surface area contributed by atoms with E-state index in [-0.39, 0.29) is 78.7 Å². The Hall–Kier alpha value is -1.40. The molecule has 2 unspecified atom stereocenters. The minimum Gasteiger partial charge on any atom is -0.462 e. The summed E-state index contributed by atoms with van der Waals surface area (Å²) in [4.78, 5) is 30.5. The molecule has 0 amide bonds. The smallest absolute Gasteiger partial charge is 0.306 e. The van der Waals surface area contributed by atoms with Crippen LogP contribution >= 0.6 is 0 Å².